The highest BCUT2D eigenvalue weighted by molar-refractivity contribution is 5.13. The lowest BCUT2D eigenvalue weighted by Gasteiger charge is -2.10. The molecule has 1 unspecified atom stereocenters. The first-order valence-electron chi connectivity index (χ1n) is 4.74. The minimum absolute atomic E-state index is 0.588. The van der Waals surface area contributed by atoms with Crippen molar-refractivity contribution in [2.75, 3.05) is 0 Å². The molecule has 1 rings (SSSR count). The molecule has 70 valence electrons. The Bertz CT molecular complexity index is 264. The highest BCUT2D eigenvalue weighted by Gasteiger charge is 2.04. The Morgan fingerprint density at radius 3 is 2.92 bits per heavy atom. The number of allylic oxidation sites excluding steroid dienone is 1. The Labute approximate surface area is 80.5 Å². The Kier molecular flexibility index (Phi) is 3.69. The highest BCUT2D eigenvalue weighted by Crippen LogP contribution is 2.20. The maximum Gasteiger partial charge on any atom is 0.0302 e. The van der Waals surface area contributed by atoms with E-state index in [4.69, 9.17) is 0 Å². The van der Waals surface area contributed by atoms with Gasteiger partial charge in [0.25, 0.3) is 0 Å². The molecule has 0 bridgehead atoms. The zero-order valence-electron chi connectivity index (χ0n) is 8.46. The summed E-state index contributed by atoms with van der Waals surface area (Å²) in [6.45, 7) is 8.22. The van der Waals surface area contributed by atoms with Gasteiger partial charge in [-0.3, -0.25) is 4.98 Å². The average molecular weight is 175 g/mol. The third-order valence-corrected chi connectivity index (χ3v) is 2.26. The van der Waals surface area contributed by atoms with Crippen LogP contribution in [0.5, 0.6) is 0 Å². The van der Waals surface area contributed by atoms with Crippen LogP contribution in [0.1, 0.15) is 38.2 Å². The largest absolute Gasteiger partial charge is 0.264 e. The first kappa shape index (κ1) is 9.97. The Hall–Kier alpha value is -1.11. The van der Waals surface area contributed by atoms with Gasteiger partial charge in [0, 0.05) is 12.4 Å². The summed E-state index contributed by atoms with van der Waals surface area (Å²) in [5.74, 6) is 0.588. The lowest BCUT2D eigenvalue weighted by molar-refractivity contribution is 0.674. The van der Waals surface area contributed by atoms with Gasteiger partial charge in [0.15, 0.2) is 0 Å². The van der Waals surface area contributed by atoms with Gasteiger partial charge in [-0.05, 0) is 37.3 Å². The van der Waals surface area contributed by atoms with Crippen molar-refractivity contribution in [1.29, 1.82) is 0 Å². The third kappa shape index (κ3) is 3.41. The second kappa shape index (κ2) is 4.80. The van der Waals surface area contributed by atoms with E-state index in [-0.39, 0.29) is 0 Å². The predicted molar refractivity (Wildman–Crippen MR) is 56.7 cm³/mol. The van der Waals surface area contributed by atoms with E-state index in [1.54, 1.807) is 0 Å². The number of nitrogens with zero attached hydrogens (tertiary/aromatic N) is 1. The van der Waals surface area contributed by atoms with E-state index in [0.29, 0.717) is 5.92 Å². The van der Waals surface area contributed by atoms with Gasteiger partial charge >= 0.3 is 0 Å². The molecular weight excluding hydrogens is 158 g/mol. The zero-order chi connectivity index (χ0) is 9.68. The molecule has 13 heavy (non-hydrogen) atoms. The number of pyridine rings is 1. The highest BCUT2D eigenvalue weighted by atomic mass is 14.6. The molecule has 0 amide bonds. The predicted octanol–water partition coefficient (Wildman–Crippen LogP) is 3.54. The van der Waals surface area contributed by atoms with Crippen LogP contribution in [-0.2, 0) is 0 Å². The van der Waals surface area contributed by atoms with Gasteiger partial charge in [-0.25, -0.2) is 0 Å². The molecule has 0 aliphatic heterocycles. The maximum atomic E-state index is 4.11. The van der Waals surface area contributed by atoms with Gasteiger partial charge < -0.3 is 0 Å². The van der Waals surface area contributed by atoms with Gasteiger partial charge in [-0.2, -0.15) is 0 Å². The van der Waals surface area contributed by atoms with Gasteiger partial charge in [-0.15, -0.1) is 6.58 Å². The SMILES string of the molecule is C=C(C)CCC(C)c1cccnc1. The van der Waals surface area contributed by atoms with Crippen LogP contribution in [-0.4, -0.2) is 4.98 Å². The molecule has 0 aliphatic carbocycles. The fourth-order valence-corrected chi connectivity index (χ4v) is 1.30. The molecule has 1 aromatic rings. The van der Waals surface area contributed by atoms with Crippen LogP contribution in [0.4, 0.5) is 0 Å². The summed E-state index contributed by atoms with van der Waals surface area (Å²) >= 11 is 0. The van der Waals surface area contributed by atoms with Crippen LogP contribution in [0.2, 0.25) is 0 Å². The fourth-order valence-electron chi connectivity index (χ4n) is 1.30. The summed E-state index contributed by atoms with van der Waals surface area (Å²) in [4.78, 5) is 4.11. The van der Waals surface area contributed by atoms with E-state index in [0.717, 1.165) is 6.42 Å². The molecule has 1 nitrogen and oxygen atoms in total. The summed E-state index contributed by atoms with van der Waals surface area (Å²) in [6.07, 6.45) is 6.04. The summed E-state index contributed by atoms with van der Waals surface area (Å²) in [5, 5.41) is 0. The van der Waals surface area contributed by atoms with Gasteiger partial charge in [-0.1, -0.05) is 18.6 Å². The van der Waals surface area contributed by atoms with E-state index in [1.807, 2.05) is 18.5 Å². The lowest BCUT2D eigenvalue weighted by Crippen LogP contribution is -1.94. The van der Waals surface area contributed by atoms with Crippen molar-refractivity contribution in [1.82, 2.24) is 4.98 Å². The maximum absolute atomic E-state index is 4.11. The minimum Gasteiger partial charge on any atom is -0.264 e. The van der Waals surface area contributed by atoms with Crippen molar-refractivity contribution in [2.24, 2.45) is 0 Å². The first-order valence-corrected chi connectivity index (χ1v) is 4.74. The smallest absolute Gasteiger partial charge is 0.0302 e. The van der Waals surface area contributed by atoms with E-state index >= 15 is 0 Å². The zero-order valence-corrected chi connectivity index (χ0v) is 8.46. The van der Waals surface area contributed by atoms with E-state index in [1.165, 1.54) is 17.6 Å². The number of hydrogen-bond donors (Lipinski definition) is 0. The molecule has 0 spiro atoms. The van der Waals surface area contributed by atoms with Crippen molar-refractivity contribution < 1.29 is 0 Å². The summed E-state index contributed by atoms with van der Waals surface area (Å²) in [5.41, 5.74) is 2.58. The van der Waals surface area contributed by atoms with E-state index < -0.39 is 0 Å². The molecule has 1 atom stereocenters. The molecule has 0 saturated heterocycles. The fraction of sp³-hybridized carbons (Fsp3) is 0.417. The average Bonchev–Trinajstić information content (AvgIpc) is 2.15. The Balaban J connectivity index is 2.49. The normalized spacial score (nSPS) is 12.5. The second-order valence-corrected chi connectivity index (χ2v) is 3.68. The number of rotatable bonds is 4. The van der Waals surface area contributed by atoms with Crippen LogP contribution >= 0.6 is 0 Å². The molecule has 1 heteroatoms. The molecule has 0 aromatic carbocycles. The summed E-state index contributed by atoms with van der Waals surface area (Å²) in [6, 6.07) is 4.13. The molecular formula is C12H17N. The van der Waals surface area contributed by atoms with Gasteiger partial charge in [0.05, 0.1) is 0 Å². The van der Waals surface area contributed by atoms with Crippen molar-refractivity contribution in [3.63, 3.8) is 0 Å². The molecule has 0 N–H and O–H groups in total. The summed E-state index contributed by atoms with van der Waals surface area (Å²) in [7, 11) is 0. The van der Waals surface area contributed by atoms with E-state index in [9.17, 15) is 0 Å². The number of aromatic nitrogens is 1. The third-order valence-electron chi connectivity index (χ3n) is 2.26. The Morgan fingerprint density at radius 2 is 2.38 bits per heavy atom. The topological polar surface area (TPSA) is 12.9 Å². The van der Waals surface area contributed by atoms with Crippen LogP contribution < -0.4 is 0 Å². The Morgan fingerprint density at radius 1 is 1.62 bits per heavy atom. The second-order valence-electron chi connectivity index (χ2n) is 3.68. The van der Waals surface area contributed by atoms with Crippen LogP contribution in [0, 0.1) is 0 Å². The minimum atomic E-state index is 0.588. The van der Waals surface area contributed by atoms with Gasteiger partial charge in [0.1, 0.15) is 0 Å². The van der Waals surface area contributed by atoms with Crippen molar-refractivity contribution in [2.45, 2.75) is 32.6 Å². The van der Waals surface area contributed by atoms with Gasteiger partial charge in [0.2, 0.25) is 0 Å². The first-order chi connectivity index (χ1) is 6.20. The molecule has 0 saturated carbocycles. The molecule has 0 radical (unpaired) electrons. The monoisotopic (exact) mass is 175 g/mol. The molecule has 1 aromatic heterocycles. The van der Waals surface area contributed by atoms with Crippen molar-refractivity contribution >= 4 is 0 Å². The number of hydrogen-bond acceptors (Lipinski definition) is 1. The quantitative estimate of drug-likeness (QED) is 0.638. The van der Waals surface area contributed by atoms with Crippen LogP contribution in [0.25, 0.3) is 0 Å². The molecule has 0 fully saturated rings. The summed E-state index contributed by atoms with van der Waals surface area (Å²) < 4.78 is 0. The lowest BCUT2D eigenvalue weighted by atomic mass is 9.96. The van der Waals surface area contributed by atoms with Crippen LogP contribution in [0.15, 0.2) is 36.7 Å². The van der Waals surface area contributed by atoms with E-state index in [2.05, 4.69) is 31.5 Å². The van der Waals surface area contributed by atoms with Crippen LogP contribution in [0.3, 0.4) is 0 Å². The standard InChI is InChI=1S/C12H17N/c1-10(2)6-7-11(3)12-5-4-8-13-9-12/h4-5,8-9,11H,1,6-7H2,2-3H3. The van der Waals surface area contributed by atoms with Crippen molar-refractivity contribution in [3.8, 4) is 0 Å². The molecule has 1 heterocycles. The van der Waals surface area contributed by atoms with Crippen molar-refractivity contribution in [3.05, 3.63) is 42.2 Å². The molecule has 0 aliphatic rings.